The number of aliphatic hydroxyl groups is 1. The van der Waals surface area contributed by atoms with Crippen molar-refractivity contribution in [3.8, 4) is 0 Å². The first-order valence-electron chi connectivity index (χ1n) is 9.57. The van der Waals surface area contributed by atoms with Gasteiger partial charge >= 0.3 is 0 Å². The Balaban J connectivity index is 1.65. The van der Waals surface area contributed by atoms with Gasteiger partial charge < -0.3 is 5.11 Å². The van der Waals surface area contributed by atoms with Gasteiger partial charge in [-0.15, -0.1) is 0 Å². The highest BCUT2D eigenvalue weighted by molar-refractivity contribution is 5.87. The van der Waals surface area contributed by atoms with Gasteiger partial charge in [-0.2, -0.15) is 0 Å². The summed E-state index contributed by atoms with van der Waals surface area (Å²) < 4.78 is 0. The number of carbonyl (C=O) groups excluding carboxylic acids is 1. The molecule has 0 spiro atoms. The fourth-order valence-electron chi connectivity index (χ4n) is 7.36. The second kappa shape index (κ2) is 4.82. The van der Waals surface area contributed by atoms with Gasteiger partial charge in [0.2, 0.25) is 0 Å². The molecule has 4 fully saturated rings. The molecule has 4 rings (SSSR count). The predicted octanol–water partition coefficient (Wildman–Crippen LogP) is 4.21. The number of hydrogen-bond acceptors (Lipinski definition) is 2. The number of carbonyl (C=O) groups is 1. The van der Waals surface area contributed by atoms with Crippen LogP contribution in [0.1, 0.15) is 72.1 Å². The van der Waals surface area contributed by atoms with E-state index in [4.69, 9.17) is 0 Å². The van der Waals surface area contributed by atoms with Crippen LogP contribution in [0.15, 0.2) is 0 Å². The van der Waals surface area contributed by atoms with E-state index in [1.807, 2.05) is 0 Å². The van der Waals surface area contributed by atoms with Crippen molar-refractivity contribution in [3.63, 3.8) is 0 Å². The van der Waals surface area contributed by atoms with Crippen LogP contribution in [-0.2, 0) is 4.79 Å². The van der Waals surface area contributed by atoms with Gasteiger partial charge in [-0.05, 0) is 80.0 Å². The quantitative estimate of drug-likeness (QED) is 0.728. The number of aliphatic hydroxyl groups excluding tert-OH is 1. The fraction of sp³-hybridized carbons (Fsp3) is 0.950. The van der Waals surface area contributed by atoms with E-state index in [2.05, 4.69) is 20.8 Å². The molecular formula is C20H32O2. The van der Waals surface area contributed by atoms with Crippen LogP contribution in [-0.4, -0.2) is 17.0 Å². The zero-order chi connectivity index (χ0) is 15.7. The molecule has 22 heavy (non-hydrogen) atoms. The van der Waals surface area contributed by atoms with Crippen LogP contribution in [0.3, 0.4) is 0 Å². The Kier molecular flexibility index (Phi) is 3.32. The molecular weight excluding hydrogens is 272 g/mol. The SMILES string of the molecule is C[C@@H]1C[C@@]2(C)[C@H](CC[C@@H]3[C@@H]2CC[C@]2(C)C(=O)CC[C@@H]32)C[C@H]1O. The van der Waals surface area contributed by atoms with Gasteiger partial charge in [0, 0.05) is 11.8 Å². The van der Waals surface area contributed by atoms with E-state index in [1.54, 1.807) is 0 Å². The van der Waals surface area contributed by atoms with Crippen LogP contribution in [0.2, 0.25) is 0 Å². The largest absolute Gasteiger partial charge is 0.393 e. The predicted molar refractivity (Wildman–Crippen MR) is 87.3 cm³/mol. The summed E-state index contributed by atoms with van der Waals surface area (Å²) in [4.78, 5) is 12.4. The summed E-state index contributed by atoms with van der Waals surface area (Å²) in [5, 5.41) is 10.3. The topological polar surface area (TPSA) is 37.3 Å². The Morgan fingerprint density at radius 1 is 1.09 bits per heavy atom. The normalized spacial score (nSPS) is 57.9. The third kappa shape index (κ3) is 1.85. The molecule has 0 amide bonds. The van der Waals surface area contributed by atoms with E-state index >= 15 is 0 Å². The van der Waals surface area contributed by atoms with Crippen LogP contribution < -0.4 is 0 Å². The maximum atomic E-state index is 12.4. The van der Waals surface area contributed by atoms with Crippen molar-refractivity contribution in [1.82, 2.24) is 0 Å². The van der Waals surface area contributed by atoms with Crippen LogP contribution >= 0.6 is 0 Å². The van der Waals surface area contributed by atoms with Crippen LogP contribution in [0, 0.1) is 40.4 Å². The van der Waals surface area contributed by atoms with E-state index < -0.39 is 0 Å². The molecule has 0 heterocycles. The summed E-state index contributed by atoms with van der Waals surface area (Å²) in [5.74, 6) is 3.92. The summed E-state index contributed by atoms with van der Waals surface area (Å²) in [5.41, 5.74) is 0.415. The Bertz CT molecular complexity index is 486. The monoisotopic (exact) mass is 304 g/mol. The van der Waals surface area contributed by atoms with Gasteiger partial charge in [-0.25, -0.2) is 0 Å². The van der Waals surface area contributed by atoms with Gasteiger partial charge in [0.25, 0.3) is 0 Å². The summed E-state index contributed by atoms with van der Waals surface area (Å²) >= 11 is 0. The molecule has 0 unspecified atom stereocenters. The van der Waals surface area contributed by atoms with E-state index in [-0.39, 0.29) is 11.5 Å². The summed E-state index contributed by atoms with van der Waals surface area (Å²) in [6.45, 7) is 7.03. The lowest BCUT2D eigenvalue weighted by Gasteiger charge is -2.61. The lowest BCUT2D eigenvalue weighted by molar-refractivity contribution is -0.148. The van der Waals surface area contributed by atoms with Crippen molar-refractivity contribution in [2.75, 3.05) is 0 Å². The van der Waals surface area contributed by atoms with E-state index in [0.717, 1.165) is 37.5 Å². The van der Waals surface area contributed by atoms with Gasteiger partial charge in [0.1, 0.15) is 5.78 Å². The fourth-order valence-corrected chi connectivity index (χ4v) is 7.36. The van der Waals surface area contributed by atoms with Gasteiger partial charge in [0.05, 0.1) is 6.10 Å². The average molecular weight is 304 g/mol. The first-order valence-corrected chi connectivity index (χ1v) is 9.57. The molecule has 4 aliphatic carbocycles. The summed E-state index contributed by atoms with van der Waals surface area (Å²) in [6, 6.07) is 0. The van der Waals surface area contributed by atoms with E-state index in [0.29, 0.717) is 29.0 Å². The second-order valence-electron chi connectivity index (χ2n) is 9.56. The lowest BCUT2D eigenvalue weighted by atomic mass is 9.44. The first kappa shape index (κ1) is 15.2. The number of hydrogen-bond donors (Lipinski definition) is 1. The minimum atomic E-state index is -0.0865. The maximum absolute atomic E-state index is 12.4. The molecule has 0 aromatic heterocycles. The molecule has 0 aromatic carbocycles. The molecule has 4 saturated carbocycles. The van der Waals surface area contributed by atoms with Crippen molar-refractivity contribution >= 4 is 5.78 Å². The Hall–Kier alpha value is -0.370. The molecule has 1 N–H and O–H groups in total. The highest BCUT2D eigenvalue weighted by Gasteiger charge is 2.60. The molecule has 2 nitrogen and oxygen atoms in total. The smallest absolute Gasteiger partial charge is 0.139 e. The molecule has 0 bridgehead atoms. The zero-order valence-electron chi connectivity index (χ0n) is 14.5. The minimum absolute atomic E-state index is 0.00413. The molecule has 0 radical (unpaired) electrons. The van der Waals surface area contributed by atoms with Gasteiger partial charge in [-0.3, -0.25) is 4.79 Å². The third-order valence-corrected chi connectivity index (χ3v) is 8.72. The average Bonchev–Trinajstić information content (AvgIpc) is 2.77. The molecule has 124 valence electrons. The van der Waals surface area contributed by atoms with Crippen molar-refractivity contribution < 1.29 is 9.90 Å². The molecule has 8 atom stereocenters. The zero-order valence-corrected chi connectivity index (χ0v) is 14.5. The highest BCUT2D eigenvalue weighted by atomic mass is 16.3. The lowest BCUT2D eigenvalue weighted by Crippen LogP contribution is -2.55. The molecule has 0 saturated heterocycles. The molecule has 4 aliphatic rings. The van der Waals surface area contributed by atoms with E-state index in [1.165, 1.54) is 25.7 Å². The van der Waals surface area contributed by atoms with Crippen molar-refractivity contribution in [1.29, 1.82) is 0 Å². The summed E-state index contributed by atoms with van der Waals surface area (Å²) in [7, 11) is 0. The van der Waals surface area contributed by atoms with Gasteiger partial charge in [0.15, 0.2) is 0 Å². The number of fused-ring (bicyclic) bond motifs is 5. The van der Waals surface area contributed by atoms with Gasteiger partial charge in [-0.1, -0.05) is 20.8 Å². The van der Waals surface area contributed by atoms with Crippen molar-refractivity contribution in [2.24, 2.45) is 40.4 Å². The highest BCUT2D eigenvalue weighted by Crippen LogP contribution is 2.65. The third-order valence-electron chi connectivity index (χ3n) is 8.72. The van der Waals surface area contributed by atoms with E-state index in [9.17, 15) is 9.90 Å². The second-order valence-corrected chi connectivity index (χ2v) is 9.56. The number of ketones is 1. The first-order chi connectivity index (χ1) is 10.4. The minimum Gasteiger partial charge on any atom is -0.393 e. The van der Waals surface area contributed by atoms with Crippen LogP contribution in [0.25, 0.3) is 0 Å². The van der Waals surface area contributed by atoms with Crippen molar-refractivity contribution in [3.05, 3.63) is 0 Å². The standard InChI is InChI=1S/C20H32O2/c1-12-11-20(3)13(10-17(12)21)4-5-14-15-6-7-18(22)19(15,2)9-8-16(14)20/h12-17,21H,4-11H2,1-3H3/t12-,13-,14+,15+,16+,17-,19+,20+/m1/s1. The molecule has 2 heteroatoms. The van der Waals surface area contributed by atoms with Crippen molar-refractivity contribution in [2.45, 2.75) is 78.2 Å². The Labute approximate surface area is 135 Å². The Morgan fingerprint density at radius 2 is 1.86 bits per heavy atom. The Morgan fingerprint density at radius 3 is 2.64 bits per heavy atom. The molecule has 0 aromatic rings. The maximum Gasteiger partial charge on any atom is 0.139 e. The summed E-state index contributed by atoms with van der Waals surface area (Å²) in [6.07, 6.45) is 9.06. The van der Waals surface area contributed by atoms with Crippen LogP contribution in [0.4, 0.5) is 0 Å². The van der Waals surface area contributed by atoms with Crippen LogP contribution in [0.5, 0.6) is 0 Å². The number of Topliss-reactive ketones (excluding diaryl/α,β-unsaturated/α-hetero) is 1. The molecule has 0 aliphatic heterocycles. The number of rotatable bonds is 0.